The molecule has 4 rings (SSSR count). The molecular formula is C22H16N4O. The number of anilines is 4. The molecule has 130 valence electrons. The predicted octanol–water partition coefficient (Wildman–Crippen LogP) is 4.65. The van der Waals surface area contributed by atoms with Crippen molar-refractivity contribution in [3.63, 3.8) is 0 Å². The van der Waals surface area contributed by atoms with Gasteiger partial charge in [0.25, 0.3) is 0 Å². The highest BCUT2D eigenvalue weighted by Gasteiger charge is 2.38. The topological polar surface area (TPSA) is 63.3 Å². The molecule has 0 atom stereocenters. The first kappa shape index (κ1) is 16.7. The molecule has 27 heavy (non-hydrogen) atoms. The summed E-state index contributed by atoms with van der Waals surface area (Å²) in [5.74, 6) is 0. The summed E-state index contributed by atoms with van der Waals surface area (Å²) in [5, 5.41) is 19.0. The average molecular weight is 352 g/mol. The van der Waals surface area contributed by atoms with E-state index in [1.165, 1.54) is 0 Å². The van der Waals surface area contributed by atoms with Crippen molar-refractivity contribution in [3.8, 4) is 12.1 Å². The van der Waals surface area contributed by atoms with Gasteiger partial charge in [0.2, 0.25) is 6.35 Å². The SMILES string of the molecule is COC1N(c2ccccc2)c2cc(C#N)c(C#N)cc2N1c1ccccc1. The number of para-hydroxylation sites is 2. The van der Waals surface area contributed by atoms with Crippen LogP contribution >= 0.6 is 0 Å². The van der Waals surface area contributed by atoms with Crippen molar-refractivity contribution in [2.24, 2.45) is 0 Å². The highest BCUT2D eigenvalue weighted by Crippen LogP contribution is 2.48. The lowest BCUT2D eigenvalue weighted by Gasteiger charge is -2.31. The van der Waals surface area contributed by atoms with Gasteiger partial charge in [-0.3, -0.25) is 9.80 Å². The Kier molecular flexibility index (Phi) is 4.22. The van der Waals surface area contributed by atoms with Crippen molar-refractivity contribution >= 4 is 22.7 Å². The third kappa shape index (κ3) is 2.67. The maximum absolute atomic E-state index is 9.48. The molecule has 0 aromatic heterocycles. The summed E-state index contributed by atoms with van der Waals surface area (Å²) in [7, 11) is 1.65. The van der Waals surface area contributed by atoms with Crippen molar-refractivity contribution < 1.29 is 4.74 Å². The Morgan fingerprint density at radius 3 is 1.48 bits per heavy atom. The van der Waals surface area contributed by atoms with E-state index in [2.05, 4.69) is 12.1 Å². The molecule has 1 aliphatic rings. The van der Waals surface area contributed by atoms with E-state index >= 15 is 0 Å². The molecule has 0 saturated carbocycles. The second kappa shape index (κ2) is 6.84. The van der Waals surface area contributed by atoms with Crippen LogP contribution in [-0.4, -0.2) is 13.5 Å². The molecule has 0 spiro atoms. The van der Waals surface area contributed by atoms with E-state index in [-0.39, 0.29) is 0 Å². The first-order chi connectivity index (χ1) is 13.3. The van der Waals surface area contributed by atoms with Gasteiger partial charge in [0.05, 0.1) is 22.5 Å². The van der Waals surface area contributed by atoms with E-state index in [9.17, 15) is 10.5 Å². The van der Waals surface area contributed by atoms with E-state index in [0.29, 0.717) is 11.1 Å². The third-order valence-corrected chi connectivity index (χ3v) is 4.60. The van der Waals surface area contributed by atoms with Crippen LogP contribution < -0.4 is 9.80 Å². The van der Waals surface area contributed by atoms with Gasteiger partial charge in [-0.05, 0) is 36.4 Å². The zero-order valence-corrected chi connectivity index (χ0v) is 14.7. The molecule has 0 fully saturated rings. The van der Waals surface area contributed by atoms with Crippen LogP contribution in [0, 0.1) is 22.7 Å². The summed E-state index contributed by atoms with van der Waals surface area (Å²) >= 11 is 0. The maximum atomic E-state index is 9.48. The quantitative estimate of drug-likeness (QED) is 0.686. The monoisotopic (exact) mass is 352 g/mol. The molecule has 0 amide bonds. The van der Waals surface area contributed by atoms with Gasteiger partial charge in [-0.15, -0.1) is 0 Å². The second-order valence-corrected chi connectivity index (χ2v) is 6.08. The maximum Gasteiger partial charge on any atom is 0.218 e. The number of fused-ring (bicyclic) bond motifs is 1. The first-order valence-electron chi connectivity index (χ1n) is 8.48. The smallest absolute Gasteiger partial charge is 0.218 e. The summed E-state index contributed by atoms with van der Waals surface area (Å²) in [5.41, 5.74) is 4.24. The summed E-state index contributed by atoms with van der Waals surface area (Å²) in [6.07, 6.45) is -0.440. The van der Waals surface area contributed by atoms with Gasteiger partial charge in [-0.1, -0.05) is 36.4 Å². The Balaban J connectivity index is 1.99. The van der Waals surface area contributed by atoms with Gasteiger partial charge in [0.15, 0.2) is 0 Å². The number of benzene rings is 3. The molecule has 0 N–H and O–H groups in total. The summed E-state index contributed by atoms with van der Waals surface area (Å²) < 4.78 is 5.86. The minimum atomic E-state index is -0.440. The number of methoxy groups -OCH3 is 1. The van der Waals surface area contributed by atoms with E-state index in [1.807, 2.05) is 70.5 Å². The highest BCUT2D eigenvalue weighted by atomic mass is 16.5. The van der Waals surface area contributed by atoms with Crippen LogP contribution in [0.5, 0.6) is 0 Å². The zero-order valence-electron chi connectivity index (χ0n) is 14.7. The summed E-state index contributed by atoms with van der Waals surface area (Å²) in [4.78, 5) is 4.06. The minimum absolute atomic E-state index is 0.349. The largest absolute Gasteiger partial charge is 0.343 e. The van der Waals surface area contributed by atoms with Crippen LogP contribution in [0.15, 0.2) is 72.8 Å². The van der Waals surface area contributed by atoms with Crippen LogP contribution in [0.25, 0.3) is 0 Å². The molecule has 5 heteroatoms. The fourth-order valence-electron chi connectivity index (χ4n) is 3.42. The minimum Gasteiger partial charge on any atom is -0.343 e. The molecule has 3 aromatic carbocycles. The molecule has 0 aliphatic carbocycles. The van der Waals surface area contributed by atoms with Crippen LogP contribution in [0.1, 0.15) is 11.1 Å². The number of nitrogens with zero attached hydrogens (tertiary/aromatic N) is 4. The fourth-order valence-corrected chi connectivity index (χ4v) is 3.42. The molecule has 1 heterocycles. The normalized spacial score (nSPS) is 13.1. The molecule has 1 aliphatic heterocycles. The van der Waals surface area contributed by atoms with E-state index in [1.54, 1.807) is 19.2 Å². The Hall–Kier alpha value is -3.80. The molecule has 0 unspecified atom stereocenters. The molecule has 0 radical (unpaired) electrons. The highest BCUT2D eigenvalue weighted by molar-refractivity contribution is 5.89. The van der Waals surface area contributed by atoms with Gasteiger partial charge < -0.3 is 4.74 Å². The Labute approximate surface area is 157 Å². The Bertz CT molecular complexity index is 967. The fraction of sp³-hybridized carbons (Fsp3) is 0.0909. The van der Waals surface area contributed by atoms with Gasteiger partial charge >= 0.3 is 0 Å². The number of hydrogen-bond donors (Lipinski definition) is 0. The van der Waals surface area contributed by atoms with Crippen LogP contribution in [0.3, 0.4) is 0 Å². The second-order valence-electron chi connectivity index (χ2n) is 6.08. The van der Waals surface area contributed by atoms with Crippen molar-refractivity contribution in [3.05, 3.63) is 83.9 Å². The van der Waals surface area contributed by atoms with Gasteiger partial charge in [0, 0.05) is 18.5 Å². The van der Waals surface area contributed by atoms with Crippen molar-refractivity contribution in [2.45, 2.75) is 6.35 Å². The lowest BCUT2D eigenvalue weighted by molar-refractivity contribution is 0.119. The number of rotatable bonds is 3. The average Bonchev–Trinajstić information content (AvgIpc) is 3.07. The third-order valence-electron chi connectivity index (χ3n) is 4.60. The Morgan fingerprint density at radius 2 is 1.15 bits per heavy atom. The summed E-state index contributed by atoms with van der Waals surface area (Å²) in [6.45, 7) is 0. The molecule has 5 nitrogen and oxygen atoms in total. The van der Waals surface area contributed by atoms with Gasteiger partial charge in [-0.25, -0.2) is 0 Å². The number of nitriles is 2. The van der Waals surface area contributed by atoms with Crippen LogP contribution in [-0.2, 0) is 4.74 Å². The van der Waals surface area contributed by atoms with E-state index in [4.69, 9.17) is 4.74 Å². The van der Waals surface area contributed by atoms with Gasteiger partial charge in [-0.2, -0.15) is 10.5 Å². The van der Waals surface area contributed by atoms with Crippen molar-refractivity contribution in [1.29, 1.82) is 10.5 Å². The lowest BCUT2D eigenvalue weighted by atomic mass is 10.1. The summed E-state index contributed by atoms with van der Waals surface area (Å²) in [6, 6.07) is 27.5. The van der Waals surface area contributed by atoms with Gasteiger partial charge in [0.1, 0.15) is 12.1 Å². The van der Waals surface area contributed by atoms with Crippen molar-refractivity contribution in [1.82, 2.24) is 0 Å². The number of hydrogen-bond acceptors (Lipinski definition) is 5. The molecular weight excluding hydrogens is 336 g/mol. The molecule has 3 aromatic rings. The van der Waals surface area contributed by atoms with Crippen LogP contribution in [0.2, 0.25) is 0 Å². The molecule has 0 bridgehead atoms. The predicted molar refractivity (Wildman–Crippen MR) is 104 cm³/mol. The van der Waals surface area contributed by atoms with E-state index in [0.717, 1.165) is 22.7 Å². The zero-order chi connectivity index (χ0) is 18.8. The van der Waals surface area contributed by atoms with Crippen molar-refractivity contribution in [2.75, 3.05) is 16.9 Å². The standard InChI is InChI=1S/C22H16N4O/c1-27-22-25(18-8-4-2-5-9-18)20-12-16(14-23)17(15-24)13-21(20)26(22)19-10-6-3-7-11-19/h2-13,22H,1H3. The number of ether oxygens (including phenoxy) is 1. The first-order valence-corrected chi connectivity index (χ1v) is 8.48. The Morgan fingerprint density at radius 1 is 0.741 bits per heavy atom. The lowest BCUT2D eigenvalue weighted by Crippen LogP contribution is -2.39. The van der Waals surface area contributed by atoms with Crippen LogP contribution in [0.4, 0.5) is 22.7 Å². The van der Waals surface area contributed by atoms with E-state index < -0.39 is 6.35 Å². The molecule has 0 saturated heterocycles.